The molecule has 1 radical (unpaired) electrons. The van der Waals surface area contributed by atoms with Crippen LogP contribution in [-0.2, 0) is 25.8 Å². The molecule has 41 heavy (non-hydrogen) atoms. The number of hydrogen-bond acceptors (Lipinski definition) is 8. The van der Waals surface area contributed by atoms with Crippen LogP contribution in [0.1, 0.15) is 103 Å². The predicted molar refractivity (Wildman–Crippen MR) is 157 cm³/mol. The summed E-state index contributed by atoms with van der Waals surface area (Å²) >= 11 is 0. The Bertz CT molecular complexity index is 716. The maximum absolute atomic E-state index is 4.26. The van der Waals surface area contributed by atoms with Gasteiger partial charge >= 0.3 is 0 Å². The fraction of sp³-hybridized carbons (Fsp3) is 1.00. The summed E-state index contributed by atoms with van der Waals surface area (Å²) in [4.78, 5) is 0. The Kier molecular flexibility index (Phi) is 8.52. The van der Waals surface area contributed by atoms with Crippen molar-refractivity contribution in [2.24, 2.45) is 47.3 Å². The third kappa shape index (κ3) is 5.11. The molecule has 5 heterocycles. The van der Waals surface area contributed by atoms with E-state index in [2.05, 4.69) is 42.5 Å². The fourth-order valence-corrected chi connectivity index (χ4v) is 12.0. The van der Waals surface area contributed by atoms with Crippen LogP contribution in [0.15, 0.2) is 0 Å². The van der Waals surface area contributed by atoms with Gasteiger partial charge in [-0.1, -0.05) is 51.4 Å². The summed E-state index contributed by atoms with van der Waals surface area (Å²) in [5.74, 6) is 5.97. The summed E-state index contributed by atoms with van der Waals surface area (Å²) in [7, 11) is 0. The van der Waals surface area contributed by atoms with E-state index in [0.29, 0.717) is 49.3 Å². The van der Waals surface area contributed by atoms with Crippen molar-refractivity contribution in [3.8, 4) is 0 Å². The van der Waals surface area contributed by atoms with Crippen molar-refractivity contribution in [1.29, 1.82) is 0 Å². The largest absolute Gasteiger partial charge is 0.286 e. The molecule has 0 aromatic heterocycles. The van der Waals surface area contributed by atoms with Crippen LogP contribution in [0.4, 0.5) is 0 Å². The van der Waals surface area contributed by atoms with Crippen LogP contribution >= 0.6 is 0 Å². The van der Waals surface area contributed by atoms with Gasteiger partial charge in [0.1, 0.15) is 0 Å². The van der Waals surface area contributed by atoms with Gasteiger partial charge in [-0.3, -0.25) is 42.5 Å². The molecule has 5 saturated heterocycles. The van der Waals surface area contributed by atoms with Crippen LogP contribution in [0.2, 0.25) is 0 Å². The van der Waals surface area contributed by atoms with Gasteiger partial charge < -0.3 is 0 Å². The van der Waals surface area contributed by atoms with Crippen molar-refractivity contribution < 1.29 is 25.8 Å². The van der Waals surface area contributed by atoms with Gasteiger partial charge in [-0.05, 0) is 98.7 Å². The van der Waals surface area contributed by atoms with Crippen molar-refractivity contribution in [3.05, 3.63) is 0 Å². The molecule has 8 bridgehead atoms. The average molecular weight is 598 g/mol. The van der Waals surface area contributed by atoms with Gasteiger partial charge in [0, 0.05) is 25.8 Å². The zero-order valence-corrected chi connectivity index (χ0v) is 26.9. The molecular weight excluding hydrogens is 541 g/mol. The Labute approximate surface area is 266 Å². The van der Waals surface area contributed by atoms with Gasteiger partial charge in [-0.2, -0.15) is 0 Å². The summed E-state index contributed by atoms with van der Waals surface area (Å²) in [6.45, 7) is 0. The van der Waals surface area contributed by atoms with E-state index < -0.39 is 0 Å². The molecule has 4 aliphatic carbocycles. The SMILES string of the molecule is C1CCC2C3NC(NC4NC(NC5NC(NC6NC(N3)C3CCCCC63)C3CCCCC53)C3CCCCC43)C2C1.[Sc]. The smallest absolute Gasteiger partial charge is 0.0628 e. The molecule has 9 aliphatic rings. The van der Waals surface area contributed by atoms with E-state index in [-0.39, 0.29) is 25.8 Å². The van der Waals surface area contributed by atoms with Gasteiger partial charge in [0.25, 0.3) is 0 Å². The topological polar surface area (TPSA) is 96.2 Å². The molecule has 8 nitrogen and oxygen atoms in total. The van der Waals surface area contributed by atoms with Gasteiger partial charge in [0.2, 0.25) is 0 Å². The third-order valence-corrected chi connectivity index (χ3v) is 13.8. The molecule has 0 amide bonds. The van der Waals surface area contributed by atoms with Crippen LogP contribution in [0.5, 0.6) is 0 Å². The zero-order chi connectivity index (χ0) is 26.2. The van der Waals surface area contributed by atoms with Crippen molar-refractivity contribution >= 4 is 0 Å². The molecule has 8 N–H and O–H groups in total. The van der Waals surface area contributed by atoms with Crippen molar-refractivity contribution in [3.63, 3.8) is 0 Å². The van der Waals surface area contributed by atoms with Crippen molar-refractivity contribution in [2.75, 3.05) is 0 Å². The fourth-order valence-electron chi connectivity index (χ4n) is 12.0. The minimum atomic E-state index is 0. The summed E-state index contributed by atoms with van der Waals surface area (Å²) in [5, 5.41) is 33.8. The van der Waals surface area contributed by atoms with Crippen LogP contribution in [0.3, 0.4) is 0 Å². The first-order chi connectivity index (χ1) is 19.8. The van der Waals surface area contributed by atoms with Crippen LogP contribution < -0.4 is 42.5 Å². The Morgan fingerprint density at radius 2 is 0.341 bits per heavy atom. The van der Waals surface area contributed by atoms with Gasteiger partial charge in [-0.15, -0.1) is 0 Å². The summed E-state index contributed by atoms with van der Waals surface area (Å²) < 4.78 is 0. The van der Waals surface area contributed by atoms with Gasteiger partial charge in [-0.25, -0.2) is 0 Å². The maximum atomic E-state index is 4.26. The molecule has 9 rings (SSSR count). The molecule has 9 fully saturated rings. The first kappa shape index (κ1) is 29.0. The second-order valence-corrected chi connectivity index (χ2v) is 15.6. The Morgan fingerprint density at radius 3 is 0.463 bits per heavy atom. The minimum absolute atomic E-state index is 0. The molecule has 0 aromatic rings. The van der Waals surface area contributed by atoms with Crippen LogP contribution in [0.25, 0.3) is 0 Å². The molecule has 8 atom stereocenters. The van der Waals surface area contributed by atoms with E-state index in [0.717, 1.165) is 47.3 Å². The molecule has 8 unspecified atom stereocenters. The Hall–Kier alpha value is 0.550. The first-order valence-electron chi connectivity index (χ1n) is 17.9. The van der Waals surface area contributed by atoms with Gasteiger partial charge in [0.05, 0.1) is 49.3 Å². The molecule has 5 aliphatic heterocycles. The number of hydrogen-bond donors (Lipinski definition) is 8. The van der Waals surface area contributed by atoms with Gasteiger partial charge in [0.15, 0.2) is 0 Å². The Balaban J connectivity index is 0.00000256. The quantitative estimate of drug-likeness (QED) is 0.216. The van der Waals surface area contributed by atoms with E-state index in [4.69, 9.17) is 0 Å². The molecular formula is C32H56N8Sc. The third-order valence-electron chi connectivity index (χ3n) is 13.8. The summed E-state index contributed by atoms with van der Waals surface area (Å²) in [5.41, 5.74) is 0. The first-order valence-corrected chi connectivity index (χ1v) is 17.9. The maximum Gasteiger partial charge on any atom is 0.0628 e. The zero-order valence-electron chi connectivity index (χ0n) is 25.1. The average Bonchev–Trinajstić information content (AvgIpc) is 3.73. The van der Waals surface area contributed by atoms with Crippen molar-refractivity contribution in [2.45, 2.75) is 152 Å². The molecule has 227 valence electrons. The van der Waals surface area contributed by atoms with Crippen LogP contribution in [-0.4, -0.2) is 49.3 Å². The van der Waals surface area contributed by atoms with E-state index in [1.165, 1.54) is 103 Å². The predicted octanol–water partition coefficient (Wildman–Crippen LogP) is 2.60. The molecule has 0 aromatic carbocycles. The molecule has 9 heteroatoms. The van der Waals surface area contributed by atoms with Crippen molar-refractivity contribution in [1.82, 2.24) is 42.5 Å². The summed E-state index contributed by atoms with van der Waals surface area (Å²) in [6.07, 6.45) is 25.6. The molecule has 4 saturated carbocycles. The van der Waals surface area contributed by atoms with E-state index >= 15 is 0 Å². The monoisotopic (exact) mass is 597 g/mol. The normalized spacial score (nSPS) is 56.2. The van der Waals surface area contributed by atoms with E-state index in [1.807, 2.05) is 0 Å². The Morgan fingerprint density at radius 1 is 0.220 bits per heavy atom. The standard InChI is InChI=1S/C32H56N8.Sc/c1-2-10-18-17(9-1)25-33-26(18)38-28-21-13-5-6-14-22(21)30(35-28)40-32-24-16-8-7-15-23(24)31(36-32)39-29-20-12-4-3-11-19(20)27(34-29)37-25;/h17-40H,1-16H2;. The number of nitrogens with one attached hydrogen (secondary N) is 8. The number of fused-ring (bicyclic) bond motifs is 20. The minimum Gasteiger partial charge on any atom is -0.286 e. The summed E-state index contributed by atoms with van der Waals surface area (Å²) in [6, 6.07) is 0. The molecule has 0 spiro atoms. The second-order valence-electron chi connectivity index (χ2n) is 15.6. The van der Waals surface area contributed by atoms with E-state index in [1.54, 1.807) is 0 Å². The second kappa shape index (κ2) is 12.1. The van der Waals surface area contributed by atoms with E-state index in [9.17, 15) is 0 Å². The number of rotatable bonds is 0. The van der Waals surface area contributed by atoms with Crippen LogP contribution in [0, 0.1) is 47.3 Å².